The highest BCUT2D eigenvalue weighted by Crippen LogP contribution is 2.12. The van der Waals surface area contributed by atoms with Crippen LogP contribution < -0.4 is 5.73 Å². The summed E-state index contributed by atoms with van der Waals surface area (Å²) >= 11 is 0. The minimum Gasteiger partial charge on any atom is -0.330 e. The number of rotatable bonds is 17. The lowest BCUT2D eigenvalue weighted by atomic mass is 10.0. The van der Waals surface area contributed by atoms with Crippen LogP contribution in [0, 0.1) is 0 Å². The van der Waals surface area contributed by atoms with Gasteiger partial charge in [-0.3, -0.25) is 0 Å². The second-order valence-electron chi connectivity index (χ2n) is 6.43. The molecular weight excluding hydrogens is 254 g/mol. The molecule has 0 aromatic rings. The van der Waals surface area contributed by atoms with E-state index in [2.05, 4.69) is 19.1 Å². The van der Waals surface area contributed by atoms with Crippen molar-refractivity contribution in [3.05, 3.63) is 12.2 Å². The Morgan fingerprint density at radius 3 is 1.33 bits per heavy atom. The summed E-state index contributed by atoms with van der Waals surface area (Å²) in [5, 5.41) is 0. The second kappa shape index (κ2) is 19.7. The third-order valence-corrected chi connectivity index (χ3v) is 4.22. The van der Waals surface area contributed by atoms with E-state index >= 15 is 0 Å². The topological polar surface area (TPSA) is 26.0 Å². The quantitative estimate of drug-likeness (QED) is 0.233. The molecule has 1 nitrogen and oxygen atoms in total. The standard InChI is InChI=1S/C20H41N/c1-2-3-4-5-6-7-8-9-10-11-12-13-14-15-16-17-18-19-20-21/h6-7H,2-5,8-21H2,1H3/b7-6-. The maximum absolute atomic E-state index is 5.49. The highest BCUT2D eigenvalue weighted by atomic mass is 14.5. The molecule has 0 radical (unpaired) electrons. The minimum absolute atomic E-state index is 0.869. The van der Waals surface area contributed by atoms with Crippen LogP contribution in [0.3, 0.4) is 0 Å². The Morgan fingerprint density at radius 1 is 0.524 bits per heavy atom. The van der Waals surface area contributed by atoms with Crippen molar-refractivity contribution in [1.29, 1.82) is 0 Å². The van der Waals surface area contributed by atoms with E-state index in [1.54, 1.807) is 0 Å². The van der Waals surface area contributed by atoms with Crippen molar-refractivity contribution in [2.45, 2.75) is 110 Å². The van der Waals surface area contributed by atoms with Crippen molar-refractivity contribution in [2.75, 3.05) is 6.54 Å². The zero-order valence-electron chi connectivity index (χ0n) is 14.8. The Labute approximate surface area is 134 Å². The van der Waals surface area contributed by atoms with Crippen LogP contribution in [0.2, 0.25) is 0 Å². The minimum atomic E-state index is 0.869. The Bertz CT molecular complexity index is 198. The van der Waals surface area contributed by atoms with Crippen LogP contribution in [0.15, 0.2) is 12.2 Å². The summed E-state index contributed by atoms with van der Waals surface area (Å²) in [7, 11) is 0. The molecule has 0 aromatic carbocycles. The van der Waals surface area contributed by atoms with Gasteiger partial charge in [-0.15, -0.1) is 0 Å². The number of unbranched alkanes of at least 4 members (excludes halogenated alkanes) is 14. The maximum Gasteiger partial charge on any atom is -0.00773 e. The smallest absolute Gasteiger partial charge is 0.00773 e. The predicted molar refractivity (Wildman–Crippen MR) is 97.7 cm³/mol. The second-order valence-corrected chi connectivity index (χ2v) is 6.43. The van der Waals surface area contributed by atoms with Gasteiger partial charge in [0.25, 0.3) is 0 Å². The maximum atomic E-state index is 5.49. The summed E-state index contributed by atoms with van der Waals surface area (Å²) in [4.78, 5) is 0. The van der Waals surface area contributed by atoms with Gasteiger partial charge in [-0.25, -0.2) is 0 Å². The van der Waals surface area contributed by atoms with Crippen molar-refractivity contribution in [1.82, 2.24) is 0 Å². The molecule has 0 saturated carbocycles. The Morgan fingerprint density at radius 2 is 0.905 bits per heavy atom. The van der Waals surface area contributed by atoms with Gasteiger partial charge in [0.05, 0.1) is 0 Å². The normalized spacial score (nSPS) is 11.5. The first-order valence-corrected chi connectivity index (χ1v) is 9.77. The van der Waals surface area contributed by atoms with Gasteiger partial charge in [0.2, 0.25) is 0 Å². The van der Waals surface area contributed by atoms with E-state index in [1.807, 2.05) is 0 Å². The van der Waals surface area contributed by atoms with Crippen LogP contribution in [0.25, 0.3) is 0 Å². The molecule has 0 amide bonds. The molecule has 0 unspecified atom stereocenters. The Kier molecular flexibility index (Phi) is 19.4. The summed E-state index contributed by atoms with van der Waals surface area (Å²) in [5.74, 6) is 0. The number of allylic oxidation sites excluding steroid dienone is 2. The predicted octanol–water partition coefficient (Wildman–Crippen LogP) is 6.76. The van der Waals surface area contributed by atoms with E-state index in [9.17, 15) is 0 Å². The lowest BCUT2D eigenvalue weighted by Crippen LogP contribution is -1.97. The lowest BCUT2D eigenvalue weighted by Gasteiger charge is -2.02. The first-order chi connectivity index (χ1) is 10.4. The monoisotopic (exact) mass is 295 g/mol. The average Bonchev–Trinajstić information content (AvgIpc) is 2.50. The van der Waals surface area contributed by atoms with Crippen molar-refractivity contribution >= 4 is 0 Å². The molecule has 2 N–H and O–H groups in total. The third kappa shape index (κ3) is 19.7. The molecule has 0 aliphatic heterocycles. The number of nitrogens with two attached hydrogens (primary N) is 1. The summed E-state index contributed by atoms with van der Waals surface area (Å²) in [5.41, 5.74) is 5.49. The van der Waals surface area contributed by atoms with Crippen molar-refractivity contribution < 1.29 is 0 Å². The van der Waals surface area contributed by atoms with E-state index in [0.717, 1.165) is 6.54 Å². The average molecular weight is 296 g/mol. The van der Waals surface area contributed by atoms with Crippen molar-refractivity contribution in [3.8, 4) is 0 Å². The zero-order valence-corrected chi connectivity index (χ0v) is 14.8. The van der Waals surface area contributed by atoms with E-state index in [1.165, 1.54) is 103 Å². The van der Waals surface area contributed by atoms with Crippen LogP contribution in [0.5, 0.6) is 0 Å². The van der Waals surface area contributed by atoms with Crippen molar-refractivity contribution in [3.63, 3.8) is 0 Å². The fourth-order valence-electron chi connectivity index (χ4n) is 2.75. The molecule has 0 rings (SSSR count). The highest BCUT2D eigenvalue weighted by Gasteiger charge is 1.93. The first kappa shape index (κ1) is 20.7. The van der Waals surface area contributed by atoms with Gasteiger partial charge in [-0.2, -0.15) is 0 Å². The van der Waals surface area contributed by atoms with Gasteiger partial charge >= 0.3 is 0 Å². The van der Waals surface area contributed by atoms with Crippen LogP contribution in [0.4, 0.5) is 0 Å². The molecule has 0 heterocycles. The summed E-state index contributed by atoms with van der Waals surface area (Å²) in [6, 6.07) is 0. The molecule has 0 saturated heterocycles. The van der Waals surface area contributed by atoms with E-state index in [-0.39, 0.29) is 0 Å². The fraction of sp³-hybridized carbons (Fsp3) is 0.900. The van der Waals surface area contributed by atoms with Crippen LogP contribution in [-0.2, 0) is 0 Å². The summed E-state index contributed by atoms with van der Waals surface area (Å²) in [6.07, 6.45) is 26.9. The molecule has 1 heteroatoms. The van der Waals surface area contributed by atoms with Gasteiger partial charge in [-0.1, -0.05) is 89.7 Å². The van der Waals surface area contributed by atoms with Crippen LogP contribution in [-0.4, -0.2) is 6.54 Å². The third-order valence-electron chi connectivity index (χ3n) is 4.22. The molecule has 0 aliphatic carbocycles. The molecule has 126 valence electrons. The van der Waals surface area contributed by atoms with E-state index < -0.39 is 0 Å². The number of hydrogen-bond donors (Lipinski definition) is 1. The summed E-state index contributed by atoms with van der Waals surface area (Å²) in [6.45, 7) is 3.14. The van der Waals surface area contributed by atoms with Crippen molar-refractivity contribution in [2.24, 2.45) is 5.73 Å². The Balaban J connectivity index is 2.99. The van der Waals surface area contributed by atoms with Crippen LogP contribution in [0.1, 0.15) is 110 Å². The Hall–Kier alpha value is -0.300. The molecule has 21 heavy (non-hydrogen) atoms. The van der Waals surface area contributed by atoms with Gasteiger partial charge < -0.3 is 5.73 Å². The molecule has 0 spiro atoms. The molecule has 0 bridgehead atoms. The SMILES string of the molecule is CCCCC/C=C\CCCCCCCCCCCCCN. The fourth-order valence-corrected chi connectivity index (χ4v) is 2.75. The van der Waals surface area contributed by atoms with E-state index in [0.29, 0.717) is 0 Å². The number of hydrogen-bond acceptors (Lipinski definition) is 1. The largest absolute Gasteiger partial charge is 0.330 e. The van der Waals surface area contributed by atoms with Crippen LogP contribution >= 0.6 is 0 Å². The molecule has 0 atom stereocenters. The molecule has 0 fully saturated rings. The lowest BCUT2D eigenvalue weighted by molar-refractivity contribution is 0.547. The van der Waals surface area contributed by atoms with Gasteiger partial charge in [0, 0.05) is 0 Å². The van der Waals surface area contributed by atoms with E-state index in [4.69, 9.17) is 5.73 Å². The first-order valence-electron chi connectivity index (χ1n) is 9.77. The molecule has 0 aliphatic rings. The van der Waals surface area contributed by atoms with Gasteiger partial charge in [-0.05, 0) is 38.6 Å². The highest BCUT2D eigenvalue weighted by molar-refractivity contribution is 4.81. The van der Waals surface area contributed by atoms with Gasteiger partial charge in [0.15, 0.2) is 0 Å². The summed E-state index contributed by atoms with van der Waals surface area (Å²) < 4.78 is 0. The van der Waals surface area contributed by atoms with Gasteiger partial charge in [0.1, 0.15) is 0 Å². The molecular formula is C20H41N. The molecule has 0 aromatic heterocycles. The zero-order chi connectivity index (χ0) is 15.4.